The summed E-state index contributed by atoms with van der Waals surface area (Å²) in [6, 6.07) is 71.3. The molecule has 0 nitrogen and oxygen atoms in total. The third kappa shape index (κ3) is 4.61. The minimum atomic E-state index is 1.23. The van der Waals surface area contributed by atoms with Crippen LogP contribution in [-0.2, 0) is 0 Å². The van der Waals surface area contributed by atoms with Crippen molar-refractivity contribution < 1.29 is 0 Å². The van der Waals surface area contributed by atoms with Gasteiger partial charge in [-0.25, -0.2) is 0 Å². The van der Waals surface area contributed by atoms with E-state index in [1.807, 2.05) is 0 Å². The average Bonchev–Trinajstić information content (AvgIpc) is 3.19. The molecule has 0 aliphatic rings. The van der Waals surface area contributed by atoms with Crippen molar-refractivity contribution in [2.45, 2.75) is 0 Å². The lowest BCUT2D eigenvalue weighted by molar-refractivity contribution is 1.60. The first-order valence-corrected chi connectivity index (χ1v) is 17.3. The predicted octanol–water partition coefficient (Wildman–Crippen LogP) is 14.1. The summed E-state index contributed by atoms with van der Waals surface area (Å²) >= 11 is 0. The normalized spacial score (nSPS) is 11.6. The molecular weight excluding hydrogens is 601 g/mol. The zero-order valence-corrected chi connectivity index (χ0v) is 27.5. The molecule has 0 bridgehead atoms. The van der Waals surface area contributed by atoms with Crippen molar-refractivity contribution in [3.05, 3.63) is 194 Å². The Hall–Kier alpha value is -6.50. The molecule has 10 aromatic rings. The van der Waals surface area contributed by atoms with Crippen LogP contribution in [0.3, 0.4) is 0 Å². The Morgan fingerprint density at radius 2 is 0.680 bits per heavy atom. The summed E-state index contributed by atoms with van der Waals surface area (Å²) in [6.45, 7) is 0. The van der Waals surface area contributed by atoms with E-state index in [9.17, 15) is 0 Å². The Bertz CT molecular complexity index is 2860. The quantitative estimate of drug-likeness (QED) is 0.134. The second-order valence-corrected chi connectivity index (χ2v) is 13.3. The van der Waals surface area contributed by atoms with E-state index in [-0.39, 0.29) is 0 Å². The maximum absolute atomic E-state index is 2.37. The molecule has 232 valence electrons. The standard InChI is InChI=1S/C50H32/c1-2-12-33(13-3-1)35-15-10-16-36(30-35)37-24-25-39-32-40(27-26-38(39)31-37)49-45-18-6-8-20-47(45)50(48-21-9-7-19-46(48)49)44-23-11-22-42-41-17-5-4-14-34(41)28-29-43(42)44/h1-32H. The van der Waals surface area contributed by atoms with E-state index in [2.05, 4.69) is 194 Å². The van der Waals surface area contributed by atoms with Crippen molar-refractivity contribution in [3.63, 3.8) is 0 Å². The molecule has 0 aliphatic carbocycles. The van der Waals surface area contributed by atoms with Crippen LogP contribution >= 0.6 is 0 Å². The minimum Gasteiger partial charge on any atom is -0.0622 e. The molecule has 0 unspecified atom stereocenters. The summed E-state index contributed by atoms with van der Waals surface area (Å²) in [5.74, 6) is 0. The van der Waals surface area contributed by atoms with Crippen LogP contribution in [0.1, 0.15) is 0 Å². The Morgan fingerprint density at radius 3 is 1.40 bits per heavy atom. The Morgan fingerprint density at radius 1 is 0.200 bits per heavy atom. The molecule has 0 heterocycles. The summed E-state index contributed by atoms with van der Waals surface area (Å²) in [6.07, 6.45) is 0. The van der Waals surface area contributed by atoms with Gasteiger partial charge in [-0.1, -0.05) is 176 Å². The smallest absolute Gasteiger partial charge is 0.00201 e. The van der Waals surface area contributed by atoms with Crippen LogP contribution in [0.5, 0.6) is 0 Å². The van der Waals surface area contributed by atoms with Gasteiger partial charge in [0, 0.05) is 0 Å². The largest absolute Gasteiger partial charge is 0.0622 e. The van der Waals surface area contributed by atoms with Gasteiger partial charge in [0.05, 0.1) is 0 Å². The van der Waals surface area contributed by atoms with Crippen molar-refractivity contribution in [1.82, 2.24) is 0 Å². The van der Waals surface area contributed by atoms with E-state index in [4.69, 9.17) is 0 Å². The van der Waals surface area contributed by atoms with Crippen molar-refractivity contribution in [2.24, 2.45) is 0 Å². The van der Waals surface area contributed by atoms with Gasteiger partial charge in [-0.05, 0) is 117 Å². The number of fused-ring (bicyclic) bond motifs is 6. The maximum Gasteiger partial charge on any atom is -0.00201 e. The first-order chi connectivity index (χ1) is 24.8. The molecule has 10 aromatic carbocycles. The summed E-state index contributed by atoms with van der Waals surface area (Å²) in [7, 11) is 0. The number of hydrogen-bond acceptors (Lipinski definition) is 0. The second-order valence-electron chi connectivity index (χ2n) is 13.3. The molecule has 0 N–H and O–H groups in total. The fourth-order valence-electron chi connectivity index (χ4n) is 8.08. The van der Waals surface area contributed by atoms with Gasteiger partial charge in [0.15, 0.2) is 0 Å². The maximum atomic E-state index is 2.37. The van der Waals surface area contributed by atoms with Crippen molar-refractivity contribution in [2.75, 3.05) is 0 Å². The van der Waals surface area contributed by atoms with Crippen LogP contribution in [0.15, 0.2) is 194 Å². The molecular formula is C50H32. The zero-order valence-electron chi connectivity index (χ0n) is 27.5. The van der Waals surface area contributed by atoms with E-state index in [1.54, 1.807) is 0 Å². The minimum absolute atomic E-state index is 1.23. The van der Waals surface area contributed by atoms with Gasteiger partial charge >= 0.3 is 0 Å². The molecule has 0 heteroatoms. The molecule has 0 fully saturated rings. The molecule has 0 aliphatic heterocycles. The zero-order chi connectivity index (χ0) is 33.0. The van der Waals surface area contributed by atoms with Crippen LogP contribution < -0.4 is 0 Å². The summed E-state index contributed by atoms with van der Waals surface area (Å²) < 4.78 is 0. The molecule has 0 amide bonds. The van der Waals surface area contributed by atoms with Crippen molar-refractivity contribution in [1.29, 1.82) is 0 Å². The SMILES string of the molecule is c1ccc(-c2cccc(-c3ccc4cc(-c5c6ccccc6c(-c6cccc7c6ccc6ccccc67)c6ccccc56)ccc4c3)c2)cc1. The van der Waals surface area contributed by atoms with Crippen LogP contribution in [0, 0.1) is 0 Å². The van der Waals surface area contributed by atoms with Gasteiger partial charge in [-0.15, -0.1) is 0 Å². The molecule has 0 atom stereocenters. The van der Waals surface area contributed by atoms with Gasteiger partial charge in [0.2, 0.25) is 0 Å². The fourth-order valence-corrected chi connectivity index (χ4v) is 8.08. The topological polar surface area (TPSA) is 0 Å². The highest BCUT2D eigenvalue weighted by molar-refractivity contribution is 6.25. The van der Waals surface area contributed by atoms with E-state index >= 15 is 0 Å². The molecule has 0 spiro atoms. The molecule has 0 saturated carbocycles. The predicted molar refractivity (Wildman–Crippen MR) is 216 cm³/mol. The molecule has 0 saturated heterocycles. The highest BCUT2D eigenvalue weighted by atomic mass is 14.2. The Kier molecular flexibility index (Phi) is 6.60. The van der Waals surface area contributed by atoms with Crippen LogP contribution in [0.4, 0.5) is 0 Å². The molecule has 10 rings (SSSR count). The number of hydrogen-bond donors (Lipinski definition) is 0. The molecule has 50 heavy (non-hydrogen) atoms. The monoisotopic (exact) mass is 632 g/mol. The van der Waals surface area contributed by atoms with Gasteiger partial charge in [0.25, 0.3) is 0 Å². The Labute approximate surface area is 291 Å². The van der Waals surface area contributed by atoms with Crippen LogP contribution in [0.25, 0.3) is 98.4 Å². The third-order valence-electron chi connectivity index (χ3n) is 10.4. The van der Waals surface area contributed by atoms with E-state index in [0.717, 1.165) is 0 Å². The molecule has 0 aromatic heterocycles. The Balaban J connectivity index is 1.15. The van der Waals surface area contributed by atoms with Crippen molar-refractivity contribution in [3.8, 4) is 44.5 Å². The summed E-state index contributed by atoms with van der Waals surface area (Å²) in [4.78, 5) is 0. The lowest BCUT2D eigenvalue weighted by atomic mass is 9.84. The second kappa shape index (κ2) is 11.6. The van der Waals surface area contributed by atoms with Gasteiger partial charge < -0.3 is 0 Å². The highest BCUT2D eigenvalue weighted by Crippen LogP contribution is 2.46. The van der Waals surface area contributed by atoms with Crippen LogP contribution in [-0.4, -0.2) is 0 Å². The van der Waals surface area contributed by atoms with Crippen molar-refractivity contribution >= 4 is 53.9 Å². The van der Waals surface area contributed by atoms with Gasteiger partial charge in [-0.2, -0.15) is 0 Å². The highest BCUT2D eigenvalue weighted by Gasteiger charge is 2.18. The number of rotatable bonds is 4. The van der Waals surface area contributed by atoms with Crippen LogP contribution in [0.2, 0.25) is 0 Å². The fraction of sp³-hybridized carbons (Fsp3) is 0. The average molecular weight is 633 g/mol. The first kappa shape index (κ1) is 28.5. The number of benzene rings is 10. The van der Waals surface area contributed by atoms with Gasteiger partial charge in [0.1, 0.15) is 0 Å². The summed E-state index contributed by atoms with van der Waals surface area (Å²) in [5.41, 5.74) is 10.0. The van der Waals surface area contributed by atoms with E-state index in [1.165, 1.54) is 98.4 Å². The van der Waals surface area contributed by atoms with Gasteiger partial charge in [-0.3, -0.25) is 0 Å². The van der Waals surface area contributed by atoms with E-state index in [0.29, 0.717) is 0 Å². The first-order valence-electron chi connectivity index (χ1n) is 17.3. The molecule has 0 radical (unpaired) electrons. The third-order valence-corrected chi connectivity index (χ3v) is 10.4. The van der Waals surface area contributed by atoms with E-state index < -0.39 is 0 Å². The summed E-state index contributed by atoms with van der Waals surface area (Å²) in [5, 5.41) is 12.7. The lowest BCUT2D eigenvalue weighted by Crippen LogP contribution is -1.92. The lowest BCUT2D eigenvalue weighted by Gasteiger charge is -2.19.